The lowest BCUT2D eigenvalue weighted by Crippen LogP contribution is -2.24. The molecule has 0 spiro atoms. The van der Waals surface area contributed by atoms with Gasteiger partial charge in [-0.2, -0.15) is 0 Å². The Labute approximate surface area is 51.9 Å². The molecule has 5 heteroatoms. The quantitative estimate of drug-likeness (QED) is 0.442. The summed E-state index contributed by atoms with van der Waals surface area (Å²) in [7, 11) is 0. The molecule has 1 unspecified atom stereocenters. The van der Waals surface area contributed by atoms with Gasteiger partial charge in [0.25, 0.3) is 0 Å². The zero-order chi connectivity index (χ0) is 6.53. The van der Waals surface area contributed by atoms with Crippen LogP contribution in [0.2, 0.25) is 0 Å². The molecule has 0 radical (unpaired) electrons. The van der Waals surface area contributed by atoms with Gasteiger partial charge in [-0.15, -0.1) is 0 Å². The SMILES string of the molecule is OC1COOCCOO1. The third-order valence-electron chi connectivity index (χ3n) is 0.723. The zero-order valence-corrected chi connectivity index (χ0v) is 4.78. The van der Waals surface area contributed by atoms with Crippen molar-refractivity contribution in [2.24, 2.45) is 0 Å². The highest BCUT2D eigenvalue weighted by Gasteiger charge is 2.08. The summed E-state index contributed by atoms with van der Waals surface area (Å²) >= 11 is 0. The third kappa shape index (κ3) is 2.73. The van der Waals surface area contributed by atoms with E-state index in [0.717, 1.165) is 0 Å². The van der Waals surface area contributed by atoms with Gasteiger partial charge in [0.15, 0.2) is 0 Å². The average molecular weight is 136 g/mol. The van der Waals surface area contributed by atoms with Gasteiger partial charge in [0.05, 0.1) is 0 Å². The van der Waals surface area contributed by atoms with Crippen molar-refractivity contribution in [2.75, 3.05) is 19.8 Å². The zero-order valence-electron chi connectivity index (χ0n) is 4.78. The van der Waals surface area contributed by atoms with Crippen LogP contribution in [0, 0.1) is 0 Å². The Bertz CT molecular complexity index is 67.4. The molecule has 0 bridgehead atoms. The monoisotopic (exact) mass is 136 g/mol. The topological polar surface area (TPSA) is 57.2 Å². The molecule has 0 aliphatic carbocycles. The predicted octanol–water partition coefficient (Wildman–Crippen LogP) is -0.785. The minimum Gasteiger partial charge on any atom is -0.364 e. The Morgan fingerprint density at radius 2 is 1.89 bits per heavy atom. The Morgan fingerprint density at radius 1 is 1.11 bits per heavy atom. The predicted molar refractivity (Wildman–Crippen MR) is 24.9 cm³/mol. The highest BCUT2D eigenvalue weighted by Crippen LogP contribution is 1.94. The lowest BCUT2D eigenvalue weighted by atomic mass is 10.7. The van der Waals surface area contributed by atoms with E-state index in [4.69, 9.17) is 5.11 Å². The standard InChI is InChI=1S/C4H8O5/c5-4-3-8-6-1-2-7-9-4/h4-5H,1-3H2. The second-order valence-corrected chi connectivity index (χ2v) is 1.48. The van der Waals surface area contributed by atoms with Gasteiger partial charge in [-0.25, -0.2) is 19.6 Å². The smallest absolute Gasteiger partial charge is 0.215 e. The van der Waals surface area contributed by atoms with E-state index in [2.05, 4.69) is 19.6 Å². The van der Waals surface area contributed by atoms with Crippen LogP contribution in [0.1, 0.15) is 0 Å². The number of rotatable bonds is 0. The van der Waals surface area contributed by atoms with E-state index in [1.807, 2.05) is 0 Å². The number of hydrogen-bond donors (Lipinski definition) is 1. The van der Waals surface area contributed by atoms with Crippen LogP contribution in [0.25, 0.3) is 0 Å². The van der Waals surface area contributed by atoms with Crippen LogP contribution in [0.5, 0.6) is 0 Å². The van der Waals surface area contributed by atoms with Gasteiger partial charge in [-0.3, -0.25) is 0 Å². The number of aliphatic hydroxyl groups is 1. The van der Waals surface area contributed by atoms with Crippen LogP contribution in [-0.4, -0.2) is 31.2 Å². The van der Waals surface area contributed by atoms with Crippen LogP contribution >= 0.6 is 0 Å². The van der Waals surface area contributed by atoms with Gasteiger partial charge >= 0.3 is 0 Å². The summed E-state index contributed by atoms with van der Waals surface area (Å²) in [4.78, 5) is 17.7. The molecule has 5 nitrogen and oxygen atoms in total. The molecule has 1 fully saturated rings. The second kappa shape index (κ2) is 3.76. The van der Waals surface area contributed by atoms with Crippen molar-refractivity contribution in [2.45, 2.75) is 6.29 Å². The molecule has 0 aromatic carbocycles. The van der Waals surface area contributed by atoms with Crippen molar-refractivity contribution in [3.63, 3.8) is 0 Å². The third-order valence-corrected chi connectivity index (χ3v) is 0.723. The Balaban J connectivity index is 2.12. The second-order valence-electron chi connectivity index (χ2n) is 1.48. The van der Waals surface area contributed by atoms with Crippen molar-refractivity contribution in [1.82, 2.24) is 0 Å². The fraction of sp³-hybridized carbons (Fsp3) is 1.00. The fourth-order valence-electron chi connectivity index (χ4n) is 0.388. The minimum atomic E-state index is -1.05. The lowest BCUT2D eigenvalue weighted by molar-refractivity contribution is -0.436. The molecule has 1 atom stereocenters. The molecule has 9 heavy (non-hydrogen) atoms. The molecule has 0 aromatic rings. The highest BCUT2D eigenvalue weighted by atomic mass is 17.3. The van der Waals surface area contributed by atoms with Crippen molar-refractivity contribution < 1.29 is 24.7 Å². The molecule has 1 aliphatic heterocycles. The van der Waals surface area contributed by atoms with Gasteiger partial charge in [0, 0.05) is 0 Å². The first-order valence-electron chi connectivity index (χ1n) is 2.60. The molecule has 54 valence electrons. The number of hydrogen-bond acceptors (Lipinski definition) is 5. The first-order chi connectivity index (χ1) is 4.39. The normalized spacial score (nSPS) is 31.0. The number of aliphatic hydroxyl groups excluding tert-OH is 1. The fourth-order valence-corrected chi connectivity index (χ4v) is 0.388. The van der Waals surface area contributed by atoms with E-state index in [-0.39, 0.29) is 13.2 Å². The minimum absolute atomic E-state index is 0.0278. The van der Waals surface area contributed by atoms with Crippen LogP contribution < -0.4 is 0 Å². The molecule has 1 rings (SSSR count). The van der Waals surface area contributed by atoms with E-state index in [9.17, 15) is 0 Å². The summed E-state index contributed by atoms with van der Waals surface area (Å²) in [6, 6.07) is 0. The van der Waals surface area contributed by atoms with E-state index in [0.29, 0.717) is 6.61 Å². The molecule has 0 saturated carbocycles. The first kappa shape index (κ1) is 6.91. The highest BCUT2D eigenvalue weighted by molar-refractivity contribution is 4.30. The molecule has 1 N–H and O–H groups in total. The molecule has 1 saturated heterocycles. The average Bonchev–Trinajstić information content (AvgIpc) is 1.79. The molecular weight excluding hydrogens is 128 g/mol. The van der Waals surface area contributed by atoms with E-state index in [1.165, 1.54) is 0 Å². The van der Waals surface area contributed by atoms with Crippen molar-refractivity contribution >= 4 is 0 Å². The largest absolute Gasteiger partial charge is 0.364 e. The Hall–Kier alpha value is -0.200. The van der Waals surface area contributed by atoms with Crippen molar-refractivity contribution in [3.8, 4) is 0 Å². The van der Waals surface area contributed by atoms with Crippen LogP contribution in [0.4, 0.5) is 0 Å². The maximum atomic E-state index is 8.66. The molecular formula is C4H8O5. The van der Waals surface area contributed by atoms with Gasteiger partial charge < -0.3 is 5.11 Å². The van der Waals surface area contributed by atoms with Gasteiger partial charge in [0.2, 0.25) is 6.29 Å². The Kier molecular flexibility index (Phi) is 2.88. The van der Waals surface area contributed by atoms with Crippen LogP contribution in [0.15, 0.2) is 0 Å². The van der Waals surface area contributed by atoms with Gasteiger partial charge in [-0.05, 0) is 0 Å². The molecule has 1 aliphatic rings. The Morgan fingerprint density at radius 3 is 2.78 bits per heavy atom. The van der Waals surface area contributed by atoms with E-state index < -0.39 is 6.29 Å². The summed E-state index contributed by atoms with van der Waals surface area (Å²) in [5, 5.41) is 8.66. The molecule has 0 amide bonds. The molecule has 1 heterocycles. The van der Waals surface area contributed by atoms with Crippen molar-refractivity contribution in [1.29, 1.82) is 0 Å². The van der Waals surface area contributed by atoms with Crippen LogP contribution in [0.3, 0.4) is 0 Å². The summed E-state index contributed by atoms with van der Waals surface area (Å²) in [5.74, 6) is 0. The molecule has 0 aromatic heterocycles. The van der Waals surface area contributed by atoms with Crippen LogP contribution in [-0.2, 0) is 19.6 Å². The van der Waals surface area contributed by atoms with Gasteiger partial charge in [0.1, 0.15) is 19.8 Å². The first-order valence-corrected chi connectivity index (χ1v) is 2.60. The maximum Gasteiger partial charge on any atom is 0.215 e. The van der Waals surface area contributed by atoms with E-state index in [1.54, 1.807) is 0 Å². The van der Waals surface area contributed by atoms with Crippen molar-refractivity contribution in [3.05, 3.63) is 0 Å². The summed E-state index contributed by atoms with van der Waals surface area (Å²) in [6.07, 6.45) is -1.05. The summed E-state index contributed by atoms with van der Waals surface area (Å²) in [6.45, 7) is 0.545. The summed E-state index contributed by atoms with van der Waals surface area (Å²) in [5.41, 5.74) is 0. The maximum absolute atomic E-state index is 8.66. The van der Waals surface area contributed by atoms with Gasteiger partial charge in [-0.1, -0.05) is 0 Å². The lowest BCUT2D eigenvalue weighted by Gasteiger charge is -2.13. The summed E-state index contributed by atoms with van der Waals surface area (Å²) < 4.78 is 0. The van der Waals surface area contributed by atoms with E-state index >= 15 is 0 Å².